The Balaban J connectivity index is 2.66. The topological polar surface area (TPSA) is 69.6 Å². The van der Waals surface area contributed by atoms with E-state index in [0.717, 1.165) is 6.42 Å². The van der Waals surface area contributed by atoms with E-state index in [1.54, 1.807) is 0 Å². The summed E-state index contributed by atoms with van der Waals surface area (Å²) in [5.74, 6) is -0.238. The van der Waals surface area contributed by atoms with Crippen LogP contribution in [0.2, 0.25) is 0 Å². The second-order valence-electron chi connectivity index (χ2n) is 4.71. The van der Waals surface area contributed by atoms with E-state index < -0.39 is 0 Å². The summed E-state index contributed by atoms with van der Waals surface area (Å²) in [4.78, 5) is 11.8. The standard InChI is InChI=1S/C13H19NO3/c1-8(2)6-9(3)14-13(17)10-4-5-11(15)12(16)7-10/h4-5,7-9,15-16H,6H2,1-3H3,(H,14,17). The molecule has 4 nitrogen and oxygen atoms in total. The largest absolute Gasteiger partial charge is 0.504 e. The lowest BCUT2D eigenvalue weighted by Gasteiger charge is -2.16. The van der Waals surface area contributed by atoms with Crippen molar-refractivity contribution >= 4 is 5.91 Å². The van der Waals surface area contributed by atoms with E-state index in [-0.39, 0.29) is 23.4 Å². The number of phenolic OH excluding ortho intramolecular Hbond substituents is 2. The van der Waals surface area contributed by atoms with Crippen molar-refractivity contribution in [3.05, 3.63) is 23.8 Å². The molecule has 0 aliphatic rings. The summed E-state index contributed by atoms with van der Waals surface area (Å²) < 4.78 is 0. The van der Waals surface area contributed by atoms with Crippen LogP contribution in [-0.2, 0) is 0 Å². The molecule has 0 saturated carbocycles. The van der Waals surface area contributed by atoms with Gasteiger partial charge in [0.05, 0.1) is 0 Å². The molecule has 1 atom stereocenters. The number of carbonyl (C=O) groups is 1. The van der Waals surface area contributed by atoms with Crippen LogP contribution in [0.15, 0.2) is 18.2 Å². The minimum Gasteiger partial charge on any atom is -0.504 e. The minimum absolute atomic E-state index is 0.0819. The minimum atomic E-state index is -0.283. The third-order valence-corrected chi connectivity index (χ3v) is 2.44. The third kappa shape index (κ3) is 3.98. The van der Waals surface area contributed by atoms with Gasteiger partial charge in [-0.05, 0) is 37.5 Å². The van der Waals surface area contributed by atoms with Crippen molar-refractivity contribution in [1.29, 1.82) is 0 Å². The number of amides is 1. The molecule has 0 fully saturated rings. The number of carbonyl (C=O) groups excluding carboxylic acids is 1. The molecule has 0 radical (unpaired) electrons. The highest BCUT2D eigenvalue weighted by molar-refractivity contribution is 5.95. The summed E-state index contributed by atoms with van der Waals surface area (Å²) in [6, 6.07) is 4.12. The van der Waals surface area contributed by atoms with Gasteiger partial charge in [0.1, 0.15) is 0 Å². The van der Waals surface area contributed by atoms with Gasteiger partial charge in [0.15, 0.2) is 11.5 Å². The van der Waals surface area contributed by atoms with Gasteiger partial charge >= 0.3 is 0 Å². The number of rotatable bonds is 4. The van der Waals surface area contributed by atoms with Gasteiger partial charge in [0.25, 0.3) is 5.91 Å². The zero-order valence-electron chi connectivity index (χ0n) is 10.4. The van der Waals surface area contributed by atoms with Crippen LogP contribution < -0.4 is 5.32 Å². The van der Waals surface area contributed by atoms with Crippen molar-refractivity contribution in [3.8, 4) is 11.5 Å². The van der Waals surface area contributed by atoms with E-state index >= 15 is 0 Å². The smallest absolute Gasteiger partial charge is 0.251 e. The van der Waals surface area contributed by atoms with E-state index in [0.29, 0.717) is 11.5 Å². The van der Waals surface area contributed by atoms with Gasteiger partial charge in [-0.3, -0.25) is 4.79 Å². The van der Waals surface area contributed by atoms with Gasteiger partial charge in [0.2, 0.25) is 0 Å². The van der Waals surface area contributed by atoms with Crippen LogP contribution in [0.4, 0.5) is 0 Å². The van der Waals surface area contributed by atoms with Crippen LogP contribution in [0.1, 0.15) is 37.6 Å². The van der Waals surface area contributed by atoms with Crippen LogP contribution in [0.3, 0.4) is 0 Å². The van der Waals surface area contributed by atoms with Crippen LogP contribution >= 0.6 is 0 Å². The lowest BCUT2D eigenvalue weighted by molar-refractivity contribution is 0.0935. The Morgan fingerprint density at radius 2 is 1.88 bits per heavy atom. The van der Waals surface area contributed by atoms with Crippen LogP contribution in [-0.4, -0.2) is 22.2 Å². The number of nitrogens with one attached hydrogen (secondary N) is 1. The molecular weight excluding hydrogens is 218 g/mol. The van der Waals surface area contributed by atoms with Gasteiger partial charge in [-0.1, -0.05) is 13.8 Å². The van der Waals surface area contributed by atoms with Crippen molar-refractivity contribution in [2.45, 2.75) is 33.2 Å². The third-order valence-electron chi connectivity index (χ3n) is 2.44. The molecule has 94 valence electrons. The number of hydrogen-bond donors (Lipinski definition) is 3. The second-order valence-corrected chi connectivity index (χ2v) is 4.71. The maximum atomic E-state index is 11.8. The molecule has 0 aromatic heterocycles. The normalized spacial score (nSPS) is 12.5. The predicted molar refractivity (Wildman–Crippen MR) is 66.2 cm³/mol. The van der Waals surface area contributed by atoms with E-state index in [9.17, 15) is 9.90 Å². The number of phenols is 2. The van der Waals surface area contributed by atoms with Gasteiger partial charge < -0.3 is 15.5 Å². The molecule has 1 amide bonds. The molecule has 0 heterocycles. The number of benzene rings is 1. The molecule has 17 heavy (non-hydrogen) atoms. The second kappa shape index (κ2) is 5.57. The van der Waals surface area contributed by atoms with Crippen LogP contribution in [0.5, 0.6) is 11.5 Å². The summed E-state index contributed by atoms with van der Waals surface area (Å²) in [6.07, 6.45) is 0.899. The molecular formula is C13H19NO3. The first-order chi connectivity index (χ1) is 7.90. The first-order valence-electron chi connectivity index (χ1n) is 5.73. The average Bonchev–Trinajstić information content (AvgIpc) is 2.20. The Morgan fingerprint density at radius 3 is 2.41 bits per heavy atom. The summed E-state index contributed by atoms with van der Waals surface area (Å²) in [5, 5.41) is 21.3. The Bertz CT molecular complexity index is 402. The Kier molecular flexibility index (Phi) is 4.37. The lowest BCUT2D eigenvalue weighted by atomic mass is 10.0. The number of hydrogen-bond acceptors (Lipinski definition) is 3. The molecule has 3 N–H and O–H groups in total. The van der Waals surface area contributed by atoms with E-state index in [2.05, 4.69) is 19.2 Å². The highest BCUT2D eigenvalue weighted by Crippen LogP contribution is 2.24. The molecule has 0 spiro atoms. The van der Waals surface area contributed by atoms with Gasteiger partial charge in [-0.25, -0.2) is 0 Å². The molecule has 1 rings (SSSR count). The first kappa shape index (κ1) is 13.4. The van der Waals surface area contributed by atoms with Gasteiger partial charge in [0, 0.05) is 11.6 Å². The van der Waals surface area contributed by atoms with Crippen LogP contribution in [0.25, 0.3) is 0 Å². The van der Waals surface area contributed by atoms with E-state index in [4.69, 9.17) is 5.11 Å². The summed E-state index contributed by atoms with van der Waals surface area (Å²) in [6.45, 7) is 6.13. The molecule has 0 bridgehead atoms. The zero-order valence-corrected chi connectivity index (χ0v) is 10.4. The Hall–Kier alpha value is -1.71. The molecule has 0 aliphatic heterocycles. The summed E-state index contributed by atoms with van der Waals surface area (Å²) in [5.41, 5.74) is 0.343. The van der Waals surface area contributed by atoms with Gasteiger partial charge in [-0.2, -0.15) is 0 Å². The fourth-order valence-electron chi connectivity index (χ4n) is 1.74. The molecule has 0 aliphatic carbocycles. The Labute approximate surface area is 101 Å². The van der Waals surface area contributed by atoms with E-state index in [1.165, 1.54) is 18.2 Å². The maximum Gasteiger partial charge on any atom is 0.251 e. The number of aromatic hydroxyl groups is 2. The van der Waals surface area contributed by atoms with Crippen molar-refractivity contribution in [1.82, 2.24) is 5.32 Å². The lowest BCUT2D eigenvalue weighted by Crippen LogP contribution is -2.33. The summed E-state index contributed by atoms with van der Waals surface area (Å²) >= 11 is 0. The molecule has 1 aromatic rings. The average molecular weight is 237 g/mol. The fourth-order valence-corrected chi connectivity index (χ4v) is 1.74. The van der Waals surface area contributed by atoms with Crippen molar-refractivity contribution in [2.24, 2.45) is 5.92 Å². The molecule has 1 aromatic carbocycles. The first-order valence-corrected chi connectivity index (χ1v) is 5.73. The molecule has 4 heteroatoms. The van der Waals surface area contributed by atoms with Crippen molar-refractivity contribution in [3.63, 3.8) is 0 Å². The highest BCUT2D eigenvalue weighted by atomic mass is 16.3. The quantitative estimate of drug-likeness (QED) is 0.703. The predicted octanol–water partition coefficient (Wildman–Crippen LogP) is 2.26. The monoisotopic (exact) mass is 237 g/mol. The fraction of sp³-hybridized carbons (Fsp3) is 0.462. The molecule has 0 saturated heterocycles. The van der Waals surface area contributed by atoms with Gasteiger partial charge in [-0.15, -0.1) is 0 Å². The highest BCUT2D eigenvalue weighted by Gasteiger charge is 2.12. The SMILES string of the molecule is CC(C)CC(C)NC(=O)c1ccc(O)c(O)c1. The zero-order chi connectivity index (χ0) is 13.0. The molecule has 1 unspecified atom stereocenters. The summed E-state index contributed by atoms with van der Waals surface area (Å²) in [7, 11) is 0. The van der Waals surface area contributed by atoms with Crippen molar-refractivity contribution in [2.75, 3.05) is 0 Å². The maximum absolute atomic E-state index is 11.8. The van der Waals surface area contributed by atoms with E-state index in [1.807, 2.05) is 6.92 Å². The Morgan fingerprint density at radius 1 is 1.24 bits per heavy atom. The van der Waals surface area contributed by atoms with Crippen molar-refractivity contribution < 1.29 is 15.0 Å². The van der Waals surface area contributed by atoms with Crippen LogP contribution in [0, 0.1) is 5.92 Å².